The molecule has 1 aliphatic rings. The molecule has 0 spiro atoms. The summed E-state index contributed by atoms with van der Waals surface area (Å²) in [5, 5.41) is 9.60. The van der Waals surface area contributed by atoms with Gasteiger partial charge >= 0.3 is 5.97 Å². The molecule has 0 radical (unpaired) electrons. The van der Waals surface area contributed by atoms with Gasteiger partial charge in [0.2, 0.25) is 0 Å². The van der Waals surface area contributed by atoms with Crippen molar-refractivity contribution in [3.63, 3.8) is 0 Å². The Hall–Kier alpha value is -2.93. The molecule has 2 aromatic rings. The Morgan fingerprint density at radius 1 is 1.00 bits per heavy atom. The van der Waals surface area contributed by atoms with E-state index in [4.69, 9.17) is 18.9 Å². The highest BCUT2D eigenvalue weighted by molar-refractivity contribution is 5.70. The summed E-state index contributed by atoms with van der Waals surface area (Å²) in [5.74, 6) is 1.36. The quantitative estimate of drug-likeness (QED) is 0.706. The number of benzene rings is 2. The number of hydrogen-bond donors (Lipinski definition) is 1. The van der Waals surface area contributed by atoms with Crippen molar-refractivity contribution in [2.24, 2.45) is 5.92 Å². The molecular weight excluding hydrogens is 386 g/mol. The summed E-state index contributed by atoms with van der Waals surface area (Å²) in [6.45, 7) is 1.23. The number of nitrogens with zero attached hydrogens (tertiary/aromatic N) is 1. The van der Waals surface area contributed by atoms with Gasteiger partial charge in [-0.1, -0.05) is 18.2 Å². The lowest BCUT2D eigenvalue weighted by Crippen LogP contribution is -2.41. The highest BCUT2D eigenvalue weighted by Gasteiger charge is 2.33. The summed E-state index contributed by atoms with van der Waals surface area (Å²) in [6.07, 6.45) is 1.49. The zero-order valence-corrected chi connectivity index (χ0v) is 17.9. The zero-order valence-electron chi connectivity index (χ0n) is 17.9. The topological polar surface area (TPSA) is 77.5 Å². The number of carbonyl (C=O) groups is 1. The molecule has 0 saturated carbocycles. The number of para-hydroxylation sites is 1. The fraction of sp³-hybridized carbons (Fsp3) is 0.435. The first kappa shape index (κ1) is 21.8. The van der Waals surface area contributed by atoms with Gasteiger partial charge in [0.25, 0.3) is 0 Å². The van der Waals surface area contributed by atoms with Crippen LogP contribution < -0.4 is 18.9 Å². The molecule has 0 aromatic heterocycles. The van der Waals surface area contributed by atoms with Crippen LogP contribution in [0.4, 0.5) is 0 Å². The Morgan fingerprint density at radius 2 is 1.73 bits per heavy atom. The second kappa shape index (κ2) is 9.71. The summed E-state index contributed by atoms with van der Waals surface area (Å²) in [6, 6.07) is 11.3. The molecule has 2 atom stereocenters. The minimum absolute atomic E-state index is 0.225. The maximum atomic E-state index is 11.7. The van der Waals surface area contributed by atoms with E-state index in [-0.39, 0.29) is 6.04 Å². The van der Waals surface area contributed by atoms with E-state index in [0.717, 1.165) is 24.1 Å². The van der Waals surface area contributed by atoms with Crippen LogP contribution in [-0.2, 0) is 4.79 Å². The van der Waals surface area contributed by atoms with Crippen LogP contribution in [-0.4, -0.2) is 57.5 Å². The van der Waals surface area contributed by atoms with Crippen molar-refractivity contribution in [3.8, 4) is 23.0 Å². The monoisotopic (exact) mass is 415 g/mol. The zero-order chi connectivity index (χ0) is 21.7. The summed E-state index contributed by atoms with van der Waals surface area (Å²) < 4.78 is 22.1. The van der Waals surface area contributed by atoms with Gasteiger partial charge in [-0.15, -0.1) is 0 Å². The average Bonchev–Trinajstić information content (AvgIpc) is 2.79. The molecule has 3 rings (SSSR count). The highest BCUT2D eigenvalue weighted by Crippen LogP contribution is 2.43. The maximum absolute atomic E-state index is 11.7. The molecule has 0 bridgehead atoms. The SMILES string of the molecule is COc1ccc(C(c2cccc(OC)c2OC)N2CCCC(C(=O)O)C2)cc1OC. The van der Waals surface area contributed by atoms with E-state index in [9.17, 15) is 9.90 Å². The summed E-state index contributed by atoms with van der Waals surface area (Å²) >= 11 is 0. The van der Waals surface area contributed by atoms with E-state index in [0.29, 0.717) is 36.0 Å². The van der Waals surface area contributed by atoms with Crippen LogP contribution in [0.1, 0.15) is 30.0 Å². The number of hydrogen-bond acceptors (Lipinski definition) is 6. The maximum Gasteiger partial charge on any atom is 0.307 e. The normalized spacial score (nSPS) is 17.8. The lowest BCUT2D eigenvalue weighted by Gasteiger charge is -2.38. The molecule has 1 saturated heterocycles. The Bertz CT molecular complexity index is 884. The number of likely N-dealkylation sites (tertiary alicyclic amines) is 1. The lowest BCUT2D eigenvalue weighted by molar-refractivity contribution is -0.143. The second-order valence-corrected chi connectivity index (χ2v) is 7.27. The van der Waals surface area contributed by atoms with Gasteiger partial charge < -0.3 is 24.1 Å². The van der Waals surface area contributed by atoms with Gasteiger partial charge in [-0.25, -0.2) is 0 Å². The van der Waals surface area contributed by atoms with E-state index in [1.54, 1.807) is 28.4 Å². The van der Waals surface area contributed by atoms with Gasteiger partial charge in [-0.3, -0.25) is 9.69 Å². The third kappa shape index (κ3) is 4.31. The standard InChI is InChI=1S/C23H29NO6/c1-27-18-11-10-15(13-20(18)29-3)21(24-12-6-7-16(14-24)23(25)26)17-8-5-9-19(28-2)22(17)30-4/h5,8-11,13,16,21H,6-7,12,14H2,1-4H3,(H,25,26). The summed E-state index contributed by atoms with van der Waals surface area (Å²) in [4.78, 5) is 13.9. The van der Waals surface area contributed by atoms with Crippen LogP contribution in [0.25, 0.3) is 0 Å². The summed E-state index contributed by atoms with van der Waals surface area (Å²) in [5.41, 5.74) is 1.88. The Labute approximate surface area is 177 Å². The Balaban J connectivity index is 2.14. The van der Waals surface area contributed by atoms with Gasteiger partial charge in [0, 0.05) is 12.1 Å². The minimum atomic E-state index is -0.761. The Morgan fingerprint density at radius 3 is 2.37 bits per heavy atom. The van der Waals surface area contributed by atoms with Crippen molar-refractivity contribution < 1.29 is 28.8 Å². The highest BCUT2D eigenvalue weighted by atomic mass is 16.5. The van der Waals surface area contributed by atoms with E-state index < -0.39 is 11.9 Å². The van der Waals surface area contributed by atoms with Crippen LogP contribution in [0.3, 0.4) is 0 Å². The van der Waals surface area contributed by atoms with Crippen molar-refractivity contribution in [2.45, 2.75) is 18.9 Å². The van der Waals surface area contributed by atoms with Crippen molar-refractivity contribution in [3.05, 3.63) is 47.5 Å². The van der Waals surface area contributed by atoms with Crippen LogP contribution in [0.5, 0.6) is 23.0 Å². The number of aliphatic carboxylic acids is 1. The number of ether oxygens (including phenoxy) is 4. The molecule has 7 heteroatoms. The summed E-state index contributed by atoms with van der Waals surface area (Å²) in [7, 11) is 6.42. The van der Waals surface area contributed by atoms with Gasteiger partial charge in [-0.05, 0) is 43.1 Å². The van der Waals surface area contributed by atoms with Crippen LogP contribution in [0.15, 0.2) is 36.4 Å². The van der Waals surface area contributed by atoms with Gasteiger partial charge in [-0.2, -0.15) is 0 Å². The average molecular weight is 415 g/mol. The van der Waals surface area contributed by atoms with Gasteiger partial charge in [0.05, 0.1) is 40.4 Å². The van der Waals surface area contributed by atoms with Crippen LogP contribution >= 0.6 is 0 Å². The molecule has 2 aromatic carbocycles. The molecule has 1 aliphatic heterocycles. The first-order valence-electron chi connectivity index (χ1n) is 9.93. The first-order chi connectivity index (χ1) is 14.5. The van der Waals surface area contributed by atoms with Crippen molar-refractivity contribution in [1.29, 1.82) is 0 Å². The smallest absolute Gasteiger partial charge is 0.307 e. The second-order valence-electron chi connectivity index (χ2n) is 7.27. The molecule has 1 fully saturated rings. The molecule has 0 aliphatic carbocycles. The number of carboxylic acid groups (broad SMARTS) is 1. The predicted octanol–water partition coefficient (Wildman–Crippen LogP) is 3.61. The number of piperidine rings is 1. The van der Waals surface area contributed by atoms with E-state index in [2.05, 4.69) is 4.90 Å². The third-order valence-corrected chi connectivity index (χ3v) is 5.62. The number of methoxy groups -OCH3 is 4. The minimum Gasteiger partial charge on any atom is -0.493 e. The molecule has 0 amide bonds. The van der Waals surface area contributed by atoms with Crippen molar-refractivity contribution in [1.82, 2.24) is 4.90 Å². The molecule has 30 heavy (non-hydrogen) atoms. The van der Waals surface area contributed by atoms with E-state index in [1.807, 2.05) is 36.4 Å². The lowest BCUT2D eigenvalue weighted by atomic mass is 9.90. The molecule has 1 N–H and O–H groups in total. The predicted molar refractivity (Wildman–Crippen MR) is 113 cm³/mol. The molecule has 7 nitrogen and oxygen atoms in total. The van der Waals surface area contributed by atoms with Crippen molar-refractivity contribution in [2.75, 3.05) is 41.5 Å². The molecule has 162 valence electrons. The number of rotatable bonds is 8. The van der Waals surface area contributed by atoms with Gasteiger partial charge in [0.15, 0.2) is 23.0 Å². The fourth-order valence-corrected chi connectivity index (χ4v) is 4.18. The third-order valence-electron chi connectivity index (χ3n) is 5.62. The van der Waals surface area contributed by atoms with E-state index in [1.165, 1.54) is 0 Å². The number of carboxylic acids is 1. The largest absolute Gasteiger partial charge is 0.493 e. The van der Waals surface area contributed by atoms with Crippen LogP contribution in [0, 0.1) is 5.92 Å². The van der Waals surface area contributed by atoms with Gasteiger partial charge in [0.1, 0.15) is 0 Å². The fourth-order valence-electron chi connectivity index (χ4n) is 4.18. The molecule has 1 heterocycles. The first-order valence-corrected chi connectivity index (χ1v) is 9.93. The van der Waals surface area contributed by atoms with Crippen molar-refractivity contribution >= 4 is 5.97 Å². The van der Waals surface area contributed by atoms with E-state index >= 15 is 0 Å². The molecular formula is C23H29NO6. The molecule has 2 unspecified atom stereocenters. The Kier molecular flexibility index (Phi) is 7.05. The van der Waals surface area contributed by atoms with Crippen LogP contribution in [0.2, 0.25) is 0 Å².